The van der Waals surface area contributed by atoms with Crippen LogP contribution < -0.4 is 5.32 Å². The number of hydrogen-bond acceptors (Lipinski definition) is 5. The largest absolute Gasteiger partial charge is 0.352 e. The molecule has 0 saturated carbocycles. The normalized spacial score (nSPS) is 16.6. The van der Waals surface area contributed by atoms with Gasteiger partial charge >= 0.3 is 0 Å². The smallest absolute Gasteiger partial charge is 0.243 e. The summed E-state index contributed by atoms with van der Waals surface area (Å²) in [5, 5.41) is 3.24. The number of benzene rings is 2. The molecule has 27 heavy (non-hydrogen) atoms. The van der Waals surface area contributed by atoms with Crippen molar-refractivity contribution < 1.29 is 8.42 Å². The summed E-state index contributed by atoms with van der Waals surface area (Å²) in [5.41, 5.74) is 2.88. The fourth-order valence-electron chi connectivity index (χ4n) is 3.18. The molecule has 142 valence electrons. The van der Waals surface area contributed by atoms with Crippen LogP contribution in [0.4, 0.5) is 5.95 Å². The number of nitrogens with one attached hydrogen (secondary N) is 2. The SMILES string of the molecule is CN1CCN(S(=O)(=O)c2ccc(CNc3nc4ccccc4[nH]3)cc2)CC1. The number of aromatic nitrogens is 2. The van der Waals surface area contributed by atoms with Gasteiger partial charge in [-0.05, 0) is 36.9 Å². The van der Waals surface area contributed by atoms with Gasteiger partial charge in [0.2, 0.25) is 16.0 Å². The van der Waals surface area contributed by atoms with E-state index in [0.717, 1.165) is 29.7 Å². The number of rotatable bonds is 5. The number of para-hydroxylation sites is 2. The third-order valence-electron chi connectivity index (χ3n) is 4.87. The highest BCUT2D eigenvalue weighted by atomic mass is 32.2. The number of anilines is 1. The second-order valence-electron chi connectivity index (χ2n) is 6.81. The van der Waals surface area contributed by atoms with E-state index < -0.39 is 10.0 Å². The van der Waals surface area contributed by atoms with Crippen molar-refractivity contribution in [1.82, 2.24) is 19.2 Å². The number of imidazole rings is 1. The Kier molecular flexibility index (Phi) is 4.86. The van der Waals surface area contributed by atoms with Crippen molar-refractivity contribution >= 4 is 27.0 Å². The van der Waals surface area contributed by atoms with E-state index in [4.69, 9.17) is 0 Å². The Morgan fingerprint density at radius 1 is 1.04 bits per heavy atom. The Morgan fingerprint density at radius 3 is 2.44 bits per heavy atom. The molecule has 0 spiro atoms. The predicted molar refractivity (Wildman–Crippen MR) is 106 cm³/mol. The zero-order valence-electron chi connectivity index (χ0n) is 15.2. The molecule has 7 nitrogen and oxygen atoms in total. The molecule has 0 radical (unpaired) electrons. The molecule has 0 atom stereocenters. The Morgan fingerprint density at radius 2 is 1.74 bits per heavy atom. The third kappa shape index (κ3) is 3.83. The summed E-state index contributed by atoms with van der Waals surface area (Å²) >= 11 is 0. The van der Waals surface area contributed by atoms with Gasteiger partial charge in [0.15, 0.2) is 0 Å². The van der Waals surface area contributed by atoms with Crippen LogP contribution >= 0.6 is 0 Å². The fraction of sp³-hybridized carbons (Fsp3) is 0.316. The molecule has 2 heterocycles. The van der Waals surface area contributed by atoms with Gasteiger partial charge in [-0.1, -0.05) is 24.3 Å². The number of aromatic amines is 1. The molecule has 0 bridgehead atoms. The van der Waals surface area contributed by atoms with E-state index in [9.17, 15) is 8.42 Å². The lowest BCUT2D eigenvalue weighted by Gasteiger charge is -2.31. The van der Waals surface area contributed by atoms with Gasteiger partial charge in [-0.2, -0.15) is 4.31 Å². The Balaban J connectivity index is 1.42. The summed E-state index contributed by atoms with van der Waals surface area (Å²) in [4.78, 5) is 10.2. The number of sulfonamides is 1. The highest BCUT2D eigenvalue weighted by Crippen LogP contribution is 2.19. The molecule has 4 rings (SSSR count). The molecule has 1 saturated heterocycles. The van der Waals surface area contributed by atoms with Crippen LogP contribution in [0.1, 0.15) is 5.56 Å². The minimum atomic E-state index is -3.42. The maximum absolute atomic E-state index is 12.8. The summed E-state index contributed by atoms with van der Waals surface area (Å²) in [5.74, 6) is 0.699. The van der Waals surface area contributed by atoms with Gasteiger partial charge in [0.25, 0.3) is 0 Å². The Bertz CT molecular complexity index is 989. The van der Waals surface area contributed by atoms with E-state index in [1.807, 2.05) is 43.4 Å². The quantitative estimate of drug-likeness (QED) is 0.703. The molecule has 1 aliphatic rings. The molecule has 0 unspecified atom stereocenters. The van der Waals surface area contributed by atoms with Crippen molar-refractivity contribution in [2.75, 3.05) is 38.5 Å². The lowest BCUT2D eigenvalue weighted by molar-refractivity contribution is 0.222. The summed E-state index contributed by atoms with van der Waals surface area (Å²) in [6, 6.07) is 14.9. The number of hydrogen-bond donors (Lipinski definition) is 2. The van der Waals surface area contributed by atoms with E-state index in [0.29, 0.717) is 30.5 Å². The van der Waals surface area contributed by atoms with Crippen LogP contribution in [0.25, 0.3) is 11.0 Å². The Labute approximate surface area is 159 Å². The van der Waals surface area contributed by atoms with Gasteiger partial charge in [0, 0.05) is 32.7 Å². The molecule has 0 aliphatic carbocycles. The van der Waals surface area contributed by atoms with Gasteiger partial charge in [-0.3, -0.25) is 0 Å². The van der Waals surface area contributed by atoms with Gasteiger partial charge in [-0.15, -0.1) is 0 Å². The van der Waals surface area contributed by atoms with Gasteiger partial charge in [0.1, 0.15) is 0 Å². The van der Waals surface area contributed by atoms with Crippen molar-refractivity contribution in [1.29, 1.82) is 0 Å². The number of H-pyrrole nitrogens is 1. The first-order chi connectivity index (χ1) is 13.0. The number of likely N-dealkylation sites (N-methyl/N-ethyl adjacent to an activating group) is 1. The second-order valence-corrected chi connectivity index (χ2v) is 8.75. The minimum Gasteiger partial charge on any atom is -0.352 e. The zero-order valence-corrected chi connectivity index (χ0v) is 16.0. The van der Waals surface area contributed by atoms with E-state index >= 15 is 0 Å². The first-order valence-electron chi connectivity index (χ1n) is 8.99. The van der Waals surface area contributed by atoms with Crippen LogP contribution in [0.3, 0.4) is 0 Å². The van der Waals surface area contributed by atoms with Gasteiger partial charge in [-0.25, -0.2) is 13.4 Å². The molecular weight excluding hydrogens is 362 g/mol. The maximum Gasteiger partial charge on any atom is 0.243 e. The molecule has 2 aromatic carbocycles. The fourth-order valence-corrected chi connectivity index (χ4v) is 4.60. The van der Waals surface area contributed by atoms with E-state index in [2.05, 4.69) is 20.2 Å². The van der Waals surface area contributed by atoms with Crippen LogP contribution in [0.5, 0.6) is 0 Å². The van der Waals surface area contributed by atoms with Crippen molar-refractivity contribution in [3.63, 3.8) is 0 Å². The van der Waals surface area contributed by atoms with Crippen LogP contribution in [0.15, 0.2) is 53.4 Å². The highest BCUT2D eigenvalue weighted by Gasteiger charge is 2.27. The average Bonchev–Trinajstić information content (AvgIpc) is 3.10. The number of piperazine rings is 1. The molecule has 1 aromatic heterocycles. The van der Waals surface area contributed by atoms with Crippen molar-refractivity contribution in [3.05, 3.63) is 54.1 Å². The lowest BCUT2D eigenvalue weighted by Crippen LogP contribution is -2.46. The summed E-state index contributed by atoms with van der Waals surface area (Å²) in [6.45, 7) is 3.16. The molecule has 0 amide bonds. The van der Waals surface area contributed by atoms with Crippen LogP contribution in [0.2, 0.25) is 0 Å². The van der Waals surface area contributed by atoms with E-state index in [1.54, 1.807) is 16.4 Å². The highest BCUT2D eigenvalue weighted by molar-refractivity contribution is 7.89. The van der Waals surface area contributed by atoms with Crippen LogP contribution in [-0.4, -0.2) is 60.8 Å². The summed E-state index contributed by atoms with van der Waals surface area (Å²) in [6.07, 6.45) is 0. The second kappa shape index (κ2) is 7.30. The summed E-state index contributed by atoms with van der Waals surface area (Å²) < 4.78 is 27.1. The third-order valence-corrected chi connectivity index (χ3v) is 6.79. The first-order valence-corrected chi connectivity index (χ1v) is 10.4. The zero-order chi connectivity index (χ0) is 18.9. The topological polar surface area (TPSA) is 81.3 Å². The van der Waals surface area contributed by atoms with Gasteiger partial charge < -0.3 is 15.2 Å². The Hall–Kier alpha value is -2.42. The molecule has 2 N–H and O–H groups in total. The van der Waals surface area contributed by atoms with Crippen molar-refractivity contribution in [2.45, 2.75) is 11.4 Å². The van der Waals surface area contributed by atoms with Crippen molar-refractivity contribution in [3.8, 4) is 0 Å². The number of nitrogens with zero attached hydrogens (tertiary/aromatic N) is 3. The molecule has 1 aliphatic heterocycles. The molecular formula is C19H23N5O2S. The van der Waals surface area contributed by atoms with E-state index in [-0.39, 0.29) is 0 Å². The summed E-state index contributed by atoms with van der Waals surface area (Å²) in [7, 11) is -1.41. The first kappa shape index (κ1) is 18.0. The number of fused-ring (bicyclic) bond motifs is 1. The van der Waals surface area contributed by atoms with Gasteiger partial charge in [0.05, 0.1) is 15.9 Å². The molecule has 8 heteroatoms. The minimum absolute atomic E-state index is 0.347. The monoisotopic (exact) mass is 385 g/mol. The standard InChI is InChI=1S/C19H23N5O2S/c1-23-10-12-24(13-11-23)27(25,26)16-8-6-15(7-9-16)14-20-19-21-17-4-2-3-5-18(17)22-19/h2-9H,10-14H2,1H3,(H2,20,21,22). The van der Waals surface area contributed by atoms with E-state index in [1.165, 1.54) is 0 Å². The van der Waals surface area contributed by atoms with Crippen LogP contribution in [-0.2, 0) is 16.6 Å². The predicted octanol–water partition coefficient (Wildman–Crippen LogP) is 2.11. The molecule has 3 aromatic rings. The maximum atomic E-state index is 12.8. The average molecular weight is 385 g/mol. The lowest BCUT2D eigenvalue weighted by atomic mass is 10.2. The van der Waals surface area contributed by atoms with Crippen molar-refractivity contribution in [2.24, 2.45) is 0 Å². The molecule has 1 fully saturated rings. The van der Waals surface area contributed by atoms with Crippen LogP contribution in [0, 0.1) is 0 Å².